The Morgan fingerprint density at radius 2 is 1.77 bits per heavy atom. The van der Waals surface area contributed by atoms with Crippen LogP contribution in [0.2, 0.25) is 0 Å². The van der Waals surface area contributed by atoms with Crippen LogP contribution in [-0.2, 0) is 15.7 Å². The van der Waals surface area contributed by atoms with Gasteiger partial charge in [0.25, 0.3) is 0 Å². The molecule has 2 aromatic rings. The first kappa shape index (κ1) is 21.1. The van der Waals surface area contributed by atoms with Gasteiger partial charge in [0.15, 0.2) is 0 Å². The van der Waals surface area contributed by atoms with Crippen molar-refractivity contribution in [2.45, 2.75) is 24.8 Å². The number of benzene rings is 2. The number of carbonyl (C=O) groups is 1. The monoisotopic (exact) mass is 480 g/mol. The first-order chi connectivity index (χ1) is 14.2. The SMILES string of the molecule is C[C@@]12C=CC(=O)[C@@H](O)[C@@H]1C(c1ccc(C(F)(F)F)cc1)=C([Se]c1ccccc1)CO2. The van der Waals surface area contributed by atoms with E-state index >= 15 is 0 Å². The van der Waals surface area contributed by atoms with Crippen molar-refractivity contribution >= 4 is 30.8 Å². The molecule has 3 atom stereocenters. The average Bonchev–Trinajstić information content (AvgIpc) is 2.72. The van der Waals surface area contributed by atoms with E-state index in [2.05, 4.69) is 0 Å². The molecule has 0 fully saturated rings. The Morgan fingerprint density at radius 1 is 1.10 bits per heavy atom. The summed E-state index contributed by atoms with van der Waals surface area (Å²) in [6, 6.07) is 14.6. The molecule has 0 saturated heterocycles. The molecule has 30 heavy (non-hydrogen) atoms. The van der Waals surface area contributed by atoms with Crippen LogP contribution in [0.4, 0.5) is 13.2 Å². The van der Waals surface area contributed by atoms with Gasteiger partial charge in [-0.2, -0.15) is 0 Å². The molecule has 0 saturated carbocycles. The average molecular weight is 479 g/mol. The number of ether oxygens (including phenoxy) is 1. The second-order valence-electron chi connectivity index (χ2n) is 7.46. The molecule has 1 heterocycles. The van der Waals surface area contributed by atoms with E-state index < -0.39 is 35.1 Å². The maximum atomic E-state index is 13.0. The van der Waals surface area contributed by atoms with E-state index in [0.29, 0.717) is 11.1 Å². The summed E-state index contributed by atoms with van der Waals surface area (Å²) in [6.45, 7) is 2.07. The van der Waals surface area contributed by atoms with E-state index in [1.165, 1.54) is 18.2 Å². The number of aliphatic hydroxyl groups excluding tert-OH is 1. The molecule has 7 heteroatoms. The second-order valence-corrected chi connectivity index (χ2v) is 9.91. The summed E-state index contributed by atoms with van der Waals surface area (Å²) < 4.78 is 47.2. The molecule has 4 rings (SSSR count). The molecule has 1 aliphatic carbocycles. The van der Waals surface area contributed by atoms with Gasteiger partial charge in [-0.3, -0.25) is 0 Å². The van der Waals surface area contributed by atoms with Crippen molar-refractivity contribution < 1.29 is 27.8 Å². The van der Waals surface area contributed by atoms with Crippen molar-refractivity contribution in [1.29, 1.82) is 0 Å². The molecule has 2 aliphatic rings. The van der Waals surface area contributed by atoms with Crippen molar-refractivity contribution in [1.82, 2.24) is 0 Å². The van der Waals surface area contributed by atoms with E-state index in [1.54, 1.807) is 13.0 Å². The third-order valence-electron chi connectivity index (χ3n) is 5.44. The van der Waals surface area contributed by atoms with Crippen LogP contribution < -0.4 is 4.46 Å². The Balaban J connectivity index is 1.85. The second kappa shape index (κ2) is 7.82. The molecule has 1 N–H and O–H groups in total. The predicted octanol–water partition coefficient (Wildman–Crippen LogP) is 3.35. The Labute approximate surface area is 178 Å². The number of carbonyl (C=O) groups excluding carboxylic acids is 1. The predicted molar refractivity (Wildman–Crippen MR) is 108 cm³/mol. The summed E-state index contributed by atoms with van der Waals surface area (Å²) in [4.78, 5) is 12.3. The fraction of sp³-hybridized carbons (Fsp3) is 0.261. The van der Waals surface area contributed by atoms with Gasteiger partial charge in [0.2, 0.25) is 0 Å². The van der Waals surface area contributed by atoms with Crippen molar-refractivity contribution in [2.24, 2.45) is 5.92 Å². The molecule has 0 aromatic heterocycles. The number of fused-ring (bicyclic) bond motifs is 1. The molecular formula is C23H19F3O3Se. The van der Waals surface area contributed by atoms with Crippen LogP contribution in [-0.4, -0.2) is 44.2 Å². The fourth-order valence-corrected chi connectivity index (χ4v) is 6.08. The standard InChI is InChI=1S/C23H19F3O3Se/c1-22-12-11-17(27)21(28)20(22)19(14-7-9-15(10-8-14)23(24,25)26)18(13-29-22)30-16-5-3-2-4-6-16/h2-12,20-21,28H,13H2,1H3/t20-,21+,22+/m0/s1. The molecule has 0 spiro atoms. The zero-order valence-electron chi connectivity index (χ0n) is 16.0. The van der Waals surface area contributed by atoms with Crippen LogP contribution in [0.5, 0.6) is 0 Å². The van der Waals surface area contributed by atoms with Crippen molar-refractivity contribution in [3.8, 4) is 0 Å². The third kappa shape index (κ3) is 3.91. The van der Waals surface area contributed by atoms with E-state index in [0.717, 1.165) is 21.1 Å². The van der Waals surface area contributed by atoms with Gasteiger partial charge >= 0.3 is 178 Å². The number of ketones is 1. The molecule has 3 nitrogen and oxygen atoms in total. The van der Waals surface area contributed by atoms with E-state index in [-0.39, 0.29) is 21.6 Å². The van der Waals surface area contributed by atoms with Crippen LogP contribution in [0.25, 0.3) is 5.57 Å². The fourth-order valence-electron chi connectivity index (χ4n) is 3.88. The third-order valence-corrected chi connectivity index (χ3v) is 7.73. The van der Waals surface area contributed by atoms with Crippen LogP contribution in [0.15, 0.2) is 71.2 Å². The first-order valence-electron chi connectivity index (χ1n) is 9.38. The van der Waals surface area contributed by atoms with E-state index in [9.17, 15) is 23.1 Å². The zero-order valence-corrected chi connectivity index (χ0v) is 17.7. The van der Waals surface area contributed by atoms with Crippen LogP contribution in [0.3, 0.4) is 0 Å². The van der Waals surface area contributed by atoms with Gasteiger partial charge in [-0.1, -0.05) is 0 Å². The summed E-state index contributed by atoms with van der Waals surface area (Å²) >= 11 is -0.176. The number of hydrogen-bond donors (Lipinski definition) is 1. The van der Waals surface area contributed by atoms with Gasteiger partial charge < -0.3 is 0 Å². The first-order valence-corrected chi connectivity index (χ1v) is 11.1. The summed E-state index contributed by atoms with van der Waals surface area (Å²) in [5, 5.41) is 10.7. The number of hydrogen-bond acceptors (Lipinski definition) is 3. The Kier molecular flexibility index (Phi) is 5.49. The molecule has 0 unspecified atom stereocenters. The van der Waals surface area contributed by atoms with Crippen molar-refractivity contribution in [2.75, 3.05) is 6.61 Å². The molecule has 156 valence electrons. The zero-order chi connectivity index (χ0) is 21.5. The van der Waals surface area contributed by atoms with Crippen molar-refractivity contribution in [3.05, 3.63) is 82.3 Å². The molecule has 2 aromatic carbocycles. The molecule has 0 bridgehead atoms. The Hall–Kier alpha value is -2.18. The van der Waals surface area contributed by atoms with Gasteiger partial charge in [0.05, 0.1) is 0 Å². The number of halogens is 3. The van der Waals surface area contributed by atoms with Gasteiger partial charge in [0.1, 0.15) is 0 Å². The molecule has 1 aliphatic heterocycles. The number of alkyl halides is 3. The summed E-state index contributed by atoms with van der Waals surface area (Å²) in [6.07, 6.45) is -2.79. The summed E-state index contributed by atoms with van der Waals surface area (Å²) in [5.41, 5.74) is -0.386. The van der Waals surface area contributed by atoms with Crippen LogP contribution in [0.1, 0.15) is 18.1 Å². The normalized spacial score (nSPS) is 26.6. The molecule has 0 radical (unpaired) electrons. The summed E-state index contributed by atoms with van der Waals surface area (Å²) in [7, 11) is 0. The van der Waals surface area contributed by atoms with Crippen molar-refractivity contribution in [3.63, 3.8) is 0 Å². The minimum absolute atomic E-state index is 0.176. The Morgan fingerprint density at radius 3 is 2.40 bits per heavy atom. The maximum absolute atomic E-state index is 13.0. The van der Waals surface area contributed by atoms with Gasteiger partial charge in [-0.05, 0) is 0 Å². The Bertz CT molecular complexity index is 1010. The summed E-state index contributed by atoms with van der Waals surface area (Å²) in [5.74, 6) is -1.12. The van der Waals surface area contributed by atoms with E-state index in [1.807, 2.05) is 30.3 Å². The number of rotatable bonds is 3. The molecule has 0 amide bonds. The molecular weight excluding hydrogens is 460 g/mol. The van der Waals surface area contributed by atoms with Gasteiger partial charge in [0, 0.05) is 0 Å². The minimum atomic E-state index is -4.43. The number of aliphatic hydroxyl groups is 1. The van der Waals surface area contributed by atoms with E-state index in [4.69, 9.17) is 4.74 Å². The van der Waals surface area contributed by atoms with Gasteiger partial charge in [-0.15, -0.1) is 0 Å². The van der Waals surface area contributed by atoms with Crippen LogP contribution >= 0.6 is 0 Å². The van der Waals surface area contributed by atoms with Gasteiger partial charge in [-0.25, -0.2) is 0 Å². The quantitative estimate of drug-likeness (QED) is 0.688. The van der Waals surface area contributed by atoms with Crippen LogP contribution in [0, 0.1) is 5.92 Å². The topological polar surface area (TPSA) is 46.5 Å².